The number of carbonyl (C=O) groups excluding carboxylic acids is 1. The molecule has 0 atom stereocenters. The molecule has 6 heteroatoms. The fourth-order valence-electron chi connectivity index (χ4n) is 1.79. The summed E-state index contributed by atoms with van der Waals surface area (Å²) in [5.74, 6) is -1.41. The molecule has 0 aromatic carbocycles. The summed E-state index contributed by atoms with van der Waals surface area (Å²) < 4.78 is 36.5. The number of halogens is 3. The SMILES string of the molecule is CC1=CC2=N/C(=C/C(=O)C(F)(F)F)C=CN2C(C)=C1. The summed E-state index contributed by atoms with van der Waals surface area (Å²) >= 11 is 0. The molecule has 0 aromatic rings. The highest BCUT2D eigenvalue weighted by Gasteiger charge is 2.36. The summed E-state index contributed by atoms with van der Waals surface area (Å²) in [5, 5.41) is 0. The summed E-state index contributed by atoms with van der Waals surface area (Å²) in [6.07, 6.45) is 2.26. The van der Waals surface area contributed by atoms with Gasteiger partial charge in [-0.25, -0.2) is 4.99 Å². The maximum atomic E-state index is 12.2. The smallest absolute Gasteiger partial charge is 0.306 e. The average Bonchev–Trinajstić information content (AvgIpc) is 2.26. The normalized spacial score (nSPS) is 20.8. The molecule has 0 saturated heterocycles. The Bertz CT molecular complexity index is 577. The van der Waals surface area contributed by atoms with Crippen LogP contribution in [0.5, 0.6) is 0 Å². The van der Waals surface area contributed by atoms with Gasteiger partial charge in [0.15, 0.2) is 0 Å². The van der Waals surface area contributed by atoms with Gasteiger partial charge in [0.05, 0.1) is 5.70 Å². The van der Waals surface area contributed by atoms with Crippen molar-refractivity contribution in [3.05, 3.63) is 47.5 Å². The van der Waals surface area contributed by atoms with Crippen molar-refractivity contribution >= 4 is 11.6 Å². The van der Waals surface area contributed by atoms with Crippen molar-refractivity contribution in [3.63, 3.8) is 0 Å². The first kappa shape index (κ1) is 13.3. The molecule has 0 spiro atoms. The standard InChI is InChI=1S/C13H11F3N2O/c1-8-5-9(2)18-4-3-10(17-12(18)6-8)7-11(19)13(14,15)16/h3-7H,1-2H3/b10-7+. The Morgan fingerprint density at radius 3 is 2.63 bits per heavy atom. The fourth-order valence-corrected chi connectivity index (χ4v) is 1.79. The van der Waals surface area contributed by atoms with E-state index in [0.29, 0.717) is 11.9 Å². The zero-order chi connectivity index (χ0) is 14.2. The Kier molecular flexibility index (Phi) is 3.18. The number of hydrogen-bond donors (Lipinski definition) is 0. The minimum atomic E-state index is -4.87. The molecular weight excluding hydrogens is 257 g/mol. The Hall–Kier alpha value is -2.11. The molecule has 3 nitrogen and oxygen atoms in total. The second-order valence-electron chi connectivity index (χ2n) is 4.26. The van der Waals surface area contributed by atoms with Crippen LogP contribution < -0.4 is 0 Å². The summed E-state index contributed by atoms with van der Waals surface area (Å²) in [5.41, 5.74) is 1.85. The molecule has 2 heterocycles. The number of nitrogens with zero attached hydrogens (tertiary/aromatic N) is 2. The Labute approximate surface area is 108 Å². The number of allylic oxidation sites excluding steroid dienone is 5. The van der Waals surface area contributed by atoms with Gasteiger partial charge in [0.1, 0.15) is 5.84 Å². The van der Waals surface area contributed by atoms with Crippen molar-refractivity contribution in [1.29, 1.82) is 0 Å². The number of hydrogen-bond acceptors (Lipinski definition) is 3. The first-order valence-electron chi connectivity index (χ1n) is 5.53. The number of amidine groups is 1. The van der Waals surface area contributed by atoms with E-state index in [-0.39, 0.29) is 5.70 Å². The van der Waals surface area contributed by atoms with E-state index in [1.807, 2.05) is 19.9 Å². The molecule has 19 heavy (non-hydrogen) atoms. The predicted molar refractivity (Wildman–Crippen MR) is 65.1 cm³/mol. The molecule has 0 bridgehead atoms. The zero-order valence-corrected chi connectivity index (χ0v) is 10.3. The van der Waals surface area contributed by atoms with Gasteiger partial charge in [-0.2, -0.15) is 13.2 Å². The molecule has 0 fully saturated rings. The minimum Gasteiger partial charge on any atom is -0.306 e. The fraction of sp³-hybridized carbons (Fsp3) is 0.231. The molecule has 2 aliphatic rings. The van der Waals surface area contributed by atoms with Crippen LogP contribution in [0.15, 0.2) is 52.5 Å². The monoisotopic (exact) mass is 268 g/mol. The average molecular weight is 268 g/mol. The van der Waals surface area contributed by atoms with Gasteiger partial charge in [-0.3, -0.25) is 4.79 Å². The van der Waals surface area contributed by atoms with Crippen molar-refractivity contribution in [3.8, 4) is 0 Å². The first-order valence-corrected chi connectivity index (χ1v) is 5.53. The van der Waals surface area contributed by atoms with Crippen LogP contribution in [0.4, 0.5) is 13.2 Å². The van der Waals surface area contributed by atoms with Gasteiger partial charge in [0.25, 0.3) is 5.78 Å². The van der Waals surface area contributed by atoms with Crippen LogP contribution in [-0.4, -0.2) is 22.7 Å². The van der Waals surface area contributed by atoms with Gasteiger partial charge in [-0.1, -0.05) is 0 Å². The van der Waals surface area contributed by atoms with Crippen LogP contribution in [0.2, 0.25) is 0 Å². The van der Waals surface area contributed by atoms with Crippen molar-refractivity contribution in [2.75, 3.05) is 0 Å². The Morgan fingerprint density at radius 1 is 1.32 bits per heavy atom. The zero-order valence-electron chi connectivity index (χ0n) is 10.3. The van der Waals surface area contributed by atoms with Crippen LogP contribution >= 0.6 is 0 Å². The lowest BCUT2D eigenvalue weighted by molar-refractivity contribution is -0.165. The molecule has 0 aliphatic carbocycles. The summed E-state index contributed by atoms with van der Waals surface area (Å²) in [6.45, 7) is 3.73. The van der Waals surface area contributed by atoms with Gasteiger partial charge in [-0.05, 0) is 37.6 Å². The highest BCUT2D eigenvalue weighted by molar-refractivity contribution is 6.00. The summed E-state index contributed by atoms with van der Waals surface area (Å²) in [4.78, 5) is 16.7. The molecule has 0 radical (unpaired) electrons. The third-order valence-electron chi connectivity index (χ3n) is 2.62. The number of carbonyl (C=O) groups is 1. The lowest BCUT2D eigenvalue weighted by atomic mass is 10.1. The molecule has 0 amide bonds. The molecular formula is C13H11F3N2O. The molecule has 0 saturated carbocycles. The molecule has 0 aromatic heterocycles. The van der Waals surface area contributed by atoms with Crippen LogP contribution in [-0.2, 0) is 4.79 Å². The van der Waals surface area contributed by atoms with Gasteiger partial charge >= 0.3 is 6.18 Å². The molecule has 100 valence electrons. The predicted octanol–water partition coefficient (Wildman–Crippen LogP) is 3.09. The van der Waals surface area contributed by atoms with Crippen molar-refractivity contribution in [2.24, 2.45) is 4.99 Å². The van der Waals surface area contributed by atoms with E-state index in [2.05, 4.69) is 4.99 Å². The van der Waals surface area contributed by atoms with Gasteiger partial charge in [0, 0.05) is 18.0 Å². The number of fused-ring (bicyclic) bond motifs is 1. The third-order valence-corrected chi connectivity index (χ3v) is 2.62. The second-order valence-corrected chi connectivity index (χ2v) is 4.26. The van der Waals surface area contributed by atoms with Gasteiger partial charge < -0.3 is 4.90 Å². The largest absolute Gasteiger partial charge is 0.454 e. The maximum Gasteiger partial charge on any atom is 0.454 e. The lowest BCUT2D eigenvalue weighted by Crippen LogP contribution is -2.27. The van der Waals surface area contributed by atoms with E-state index < -0.39 is 12.0 Å². The van der Waals surface area contributed by atoms with Gasteiger partial charge in [0.2, 0.25) is 0 Å². The van der Waals surface area contributed by atoms with Crippen molar-refractivity contribution in [2.45, 2.75) is 20.0 Å². The minimum absolute atomic E-state index is 0.00711. The summed E-state index contributed by atoms with van der Waals surface area (Å²) in [6, 6.07) is 0. The van der Waals surface area contributed by atoms with Gasteiger partial charge in [-0.15, -0.1) is 0 Å². The summed E-state index contributed by atoms with van der Waals surface area (Å²) in [7, 11) is 0. The van der Waals surface area contributed by atoms with Crippen LogP contribution in [0, 0.1) is 0 Å². The van der Waals surface area contributed by atoms with E-state index in [0.717, 1.165) is 11.3 Å². The Balaban J connectivity index is 2.31. The van der Waals surface area contributed by atoms with Crippen LogP contribution in [0.1, 0.15) is 13.8 Å². The van der Waals surface area contributed by atoms with E-state index >= 15 is 0 Å². The van der Waals surface area contributed by atoms with E-state index in [1.54, 1.807) is 17.2 Å². The number of alkyl halides is 3. The first-order chi connectivity index (χ1) is 8.77. The number of aliphatic imine (C=N–C) groups is 1. The molecule has 0 unspecified atom stereocenters. The topological polar surface area (TPSA) is 32.7 Å². The highest BCUT2D eigenvalue weighted by Crippen LogP contribution is 2.23. The van der Waals surface area contributed by atoms with Crippen molar-refractivity contribution < 1.29 is 18.0 Å². The maximum absolute atomic E-state index is 12.2. The molecule has 2 rings (SSSR count). The number of ketones is 1. The quantitative estimate of drug-likeness (QED) is 0.684. The second kappa shape index (κ2) is 4.53. The van der Waals surface area contributed by atoms with Crippen molar-refractivity contribution in [1.82, 2.24) is 4.90 Å². The van der Waals surface area contributed by atoms with E-state index in [1.165, 1.54) is 6.08 Å². The molecule has 0 N–H and O–H groups in total. The van der Waals surface area contributed by atoms with E-state index in [9.17, 15) is 18.0 Å². The van der Waals surface area contributed by atoms with Crippen LogP contribution in [0.25, 0.3) is 0 Å². The van der Waals surface area contributed by atoms with Crippen LogP contribution in [0.3, 0.4) is 0 Å². The third kappa shape index (κ3) is 2.83. The molecule has 2 aliphatic heterocycles. The highest BCUT2D eigenvalue weighted by atomic mass is 19.4. The number of rotatable bonds is 1. The Morgan fingerprint density at radius 2 is 2.00 bits per heavy atom. The van der Waals surface area contributed by atoms with E-state index in [4.69, 9.17) is 0 Å². The lowest BCUT2D eigenvalue weighted by Gasteiger charge is -2.27.